The summed E-state index contributed by atoms with van der Waals surface area (Å²) < 4.78 is 1.96. The Hall–Kier alpha value is -3.10. The van der Waals surface area contributed by atoms with E-state index in [1.807, 2.05) is 47.9 Å². The molecule has 0 saturated heterocycles. The Labute approximate surface area is 178 Å². The van der Waals surface area contributed by atoms with Crippen molar-refractivity contribution in [2.24, 2.45) is 10.7 Å². The molecule has 1 aliphatic heterocycles. The Morgan fingerprint density at radius 3 is 2.63 bits per heavy atom. The minimum absolute atomic E-state index is 0.147. The van der Waals surface area contributed by atoms with Crippen LogP contribution in [0.1, 0.15) is 51.2 Å². The molecule has 0 bridgehead atoms. The average molecular weight is 422 g/mol. The number of thiophene rings is 1. The summed E-state index contributed by atoms with van der Waals surface area (Å²) in [6.45, 7) is 6.53. The molecule has 0 saturated carbocycles. The second kappa shape index (κ2) is 7.97. The smallest absolute Gasteiger partial charge is 0.306 e. The van der Waals surface area contributed by atoms with Crippen molar-refractivity contribution < 1.29 is 9.90 Å². The van der Waals surface area contributed by atoms with Crippen LogP contribution in [-0.2, 0) is 4.79 Å². The maximum absolute atomic E-state index is 11.6. The number of benzene rings is 1. The van der Waals surface area contributed by atoms with Crippen molar-refractivity contribution in [3.8, 4) is 5.00 Å². The van der Waals surface area contributed by atoms with Gasteiger partial charge in [0.05, 0.1) is 12.1 Å². The number of carboxylic acid groups (broad SMARTS) is 1. The number of aromatic nitrogens is 3. The molecule has 1 aromatic carbocycles. The normalized spacial score (nSPS) is 15.6. The zero-order valence-electron chi connectivity index (χ0n) is 17.1. The molecule has 0 radical (unpaired) electrons. The van der Waals surface area contributed by atoms with E-state index in [9.17, 15) is 9.90 Å². The first-order valence-corrected chi connectivity index (χ1v) is 10.5. The van der Waals surface area contributed by atoms with Crippen molar-refractivity contribution in [2.45, 2.75) is 33.2 Å². The Morgan fingerprint density at radius 2 is 1.97 bits per heavy atom. The number of fused-ring (bicyclic) bond motifs is 3. The number of carbonyl (C=O) groups is 1. The van der Waals surface area contributed by atoms with Gasteiger partial charge >= 0.3 is 5.97 Å². The molecule has 0 aliphatic carbocycles. The minimum atomic E-state index is -0.921. The molecule has 0 fully saturated rings. The van der Waals surface area contributed by atoms with Crippen LogP contribution in [0.4, 0.5) is 0 Å². The first kappa shape index (κ1) is 20.2. The number of nitrogens with zero attached hydrogens (tertiary/aromatic N) is 4. The molecule has 7 nitrogen and oxygen atoms in total. The Balaban J connectivity index is 1.93. The number of hydrogen-bond acceptors (Lipinski definition) is 6. The van der Waals surface area contributed by atoms with Gasteiger partial charge < -0.3 is 10.8 Å². The van der Waals surface area contributed by atoms with Crippen LogP contribution >= 0.6 is 11.3 Å². The van der Waals surface area contributed by atoms with Crippen LogP contribution in [0.25, 0.3) is 11.1 Å². The summed E-state index contributed by atoms with van der Waals surface area (Å²) in [4.78, 5) is 17.7. The minimum Gasteiger partial charge on any atom is -0.481 e. The number of carboxylic acids is 1. The van der Waals surface area contributed by atoms with Gasteiger partial charge in [-0.15, -0.1) is 21.5 Å². The zero-order valence-corrected chi connectivity index (χ0v) is 17.9. The van der Waals surface area contributed by atoms with E-state index in [0.717, 1.165) is 38.8 Å². The lowest BCUT2D eigenvalue weighted by Gasteiger charge is -2.11. The van der Waals surface area contributed by atoms with Crippen molar-refractivity contribution in [3.05, 3.63) is 69.1 Å². The van der Waals surface area contributed by atoms with Gasteiger partial charge in [-0.3, -0.25) is 14.4 Å². The van der Waals surface area contributed by atoms with Gasteiger partial charge in [-0.25, -0.2) is 0 Å². The zero-order chi connectivity index (χ0) is 21.4. The van der Waals surface area contributed by atoms with E-state index in [1.54, 1.807) is 11.3 Å². The molecule has 30 heavy (non-hydrogen) atoms. The third kappa shape index (κ3) is 3.48. The first-order valence-electron chi connectivity index (χ1n) is 9.70. The van der Waals surface area contributed by atoms with Crippen LogP contribution in [0, 0.1) is 20.8 Å². The third-order valence-electron chi connectivity index (χ3n) is 5.24. The summed E-state index contributed by atoms with van der Waals surface area (Å²) in [6.07, 6.45) is 3.73. The molecular weight excluding hydrogens is 398 g/mol. The maximum Gasteiger partial charge on any atom is 0.306 e. The SMILES string of the molecule is Cc1sc2c(c1C)C(c1ccc(C=CCN)cc1)=N[C@@H](CC(=O)O)c1nnc(C)n1-2. The molecule has 4 rings (SSSR count). The molecule has 0 amide bonds. The summed E-state index contributed by atoms with van der Waals surface area (Å²) in [5.41, 5.74) is 10.5. The lowest BCUT2D eigenvalue weighted by molar-refractivity contribution is -0.137. The lowest BCUT2D eigenvalue weighted by Crippen LogP contribution is -2.10. The lowest BCUT2D eigenvalue weighted by atomic mass is 9.98. The molecule has 8 heteroatoms. The third-order valence-corrected chi connectivity index (χ3v) is 6.43. The van der Waals surface area contributed by atoms with Gasteiger partial charge in [0, 0.05) is 22.5 Å². The molecule has 1 aliphatic rings. The Morgan fingerprint density at radius 1 is 1.23 bits per heavy atom. The van der Waals surface area contributed by atoms with Gasteiger partial charge in [0.1, 0.15) is 16.9 Å². The van der Waals surface area contributed by atoms with E-state index in [0.29, 0.717) is 12.4 Å². The van der Waals surface area contributed by atoms with Crippen molar-refractivity contribution in [3.63, 3.8) is 0 Å². The van der Waals surface area contributed by atoms with Crippen LogP contribution in [0.2, 0.25) is 0 Å². The largest absolute Gasteiger partial charge is 0.481 e. The van der Waals surface area contributed by atoms with Gasteiger partial charge in [-0.05, 0) is 31.9 Å². The number of aryl methyl sites for hydroxylation is 2. The van der Waals surface area contributed by atoms with Gasteiger partial charge in [0.2, 0.25) is 0 Å². The van der Waals surface area contributed by atoms with Crippen molar-refractivity contribution in [2.75, 3.05) is 6.54 Å². The number of aliphatic imine (C=N–C) groups is 1. The average Bonchev–Trinajstić information content (AvgIpc) is 3.19. The maximum atomic E-state index is 11.6. The van der Waals surface area contributed by atoms with E-state index < -0.39 is 12.0 Å². The highest BCUT2D eigenvalue weighted by atomic mass is 32.1. The quantitative estimate of drug-likeness (QED) is 0.655. The summed E-state index contributed by atoms with van der Waals surface area (Å²) in [7, 11) is 0. The number of nitrogens with two attached hydrogens (primary N) is 1. The van der Waals surface area contributed by atoms with Crippen molar-refractivity contribution >= 4 is 29.1 Å². The van der Waals surface area contributed by atoms with Gasteiger partial charge in [0.15, 0.2) is 5.82 Å². The molecule has 154 valence electrons. The molecule has 0 unspecified atom stereocenters. The number of rotatable bonds is 5. The summed E-state index contributed by atoms with van der Waals surface area (Å²) in [5.74, 6) is 0.368. The monoisotopic (exact) mass is 421 g/mol. The van der Waals surface area contributed by atoms with Crippen LogP contribution in [0.3, 0.4) is 0 Å². The highest BCUT2D eigenvalue weighted by molar-refractivity contribution is 7.15. The highest BCUT2D eigenvalue weighted by Gasteiger charge is 2.32. The summed E-state index contributed by atoms with van der Waals surface area (Å²) in [5, 5.41) is 19.0. The Bertz CT molecular complexity index is 1170. The van der Waals surface area contributed by atoms with E-state index in [4.69, 9.17) is 10.7 Å². The van der Waals surface area contributed by atoms with Crippen molar-refractivity contribution in [1.82, 2.24) is 14.8 Å². The van der Waals surface area contributed by atoms with E-state index >= 15 is 0 Å². The topological polar surface area (TPSA) is 106 Å². The second-order valence-electron chi connectivity index (χ2n) is 7.26. The predicted molar refractivity (Wildman–Crippen MR) is 119 cm³/mol. The van der Waals surface area contributed by atoms with Crippen molar-refractivity contribution in [1.29, 1.82) is 0 Å². The fourth-order valence-corrected chi connectivity index (χ4v) is 4.86. The molecule has 1 atom stereocenters. The highest BCUT2D eigenvalue weighted by Crippen LogP contribution is 2.39. The van der Waals surface area contributed by atoms with Gasteiger partial charge in [-0.2, -0.15) is 0 Å². The molecule has 3 aromatic rings. The molecular formula is C22H23N5O2S. The fourth-order valence-electron chi connectivity index (χ4n) is 3.65. The van der Waals surface area contributed by atoms with Crippen LogP contribution in [-0.4, -0.2) is 38.1 Å². The summed E-state index contributed by atoms with van der Waals surface area (Å²) in [6, 6.07) is 7.45. The summed E-state index contributed by atoms with van der Waals surface area (Å²) >= 11 is 1.65. The Kier molecular flexibility index (Phi) is 5.36. The van der Waals surface area contributed by atoms with Gasteiger partial charge in [-0.1, -0.05) is 36.4 Å². The van der Waals surface area contributed by atoms with Crippen LogP contribution in [0.5, 0.6) is 0 Å². The molecule has 3 N–H and O–H groups in total. The van der Waals surface area contributed by atoms with Crippen LogP contribution in [0.15, 0.2) is 35.3 Å². The van der Waals surface area contributed by atoms with E-state index in [-0.39, 0.29) is 6.42 Å². The second-order valence-corrected chi connectivity index (χ2v) is 8.46. The van der Waals surface area contributed by atoms with E-state index in [2.05, 4.69) is 24.0 Å². The molecule has 2 aromatic heterocycles. The fraction of sp³-hybridized carbons (Fsp3) is 0.273. The molecule has 0 spiro atoms. The standard InChI is InChI=1S/C22H23N5O2S/c1-12-13(2)30-22-19(12)20(16-8-6-15(7-9-16)5-4-10-23)24-17(11-18(28)29)21-26-25-14(3)27(21)22/h4-9,17H,10-11,23H2,1-3H3,(H,28,29)/t17-/m0/s1. The van der Waals surface area contributed by atoms with Gasteiger partial charge in [0.25, 0.3) is 0 Å². The number of hydrogen-bond donors (Lipinski definition) is 2. The molecule has 3 heterocycles. The van der Waals surface area contributed by atoms with Crippen LogP contribution < -0.4 is 5.73 Å². The predicted octanol–water partition coefficient (Wildman–Crippen LogP) is 3.59. The number of aliphatic carboxylic acids is 1. The van der Waals surface area contributed by atoms with E-state index in [1.165, 1.54) is 4.88 Å². The first-order chi connectivity index (χ1) is 14.4.